The molecule has 2 heterocycles. The largest absolute Gasteiger partial charge is 0.332 e. The van der Waals surface area contributed by atoms with E-state index in [2.05, 4.69) is 9.97 Å². The van der Waals surface area contributed by atoms with Crippen LogP contribution in [0.2, 0.25) is 0 Å². The van der Waals surface area contributed by atoms with Crippen LogP contribution in [0.1, 0.15) is 28.0 Å². The van der Waals surface area contributed by atoms with E-state index in [1.54, 1.807) is 17.8 Å². The Labute approximate surface area is 109 Å². The normalized spacial score (nSPS) is 12.2. The van der Waals surface area contributed by atoms with Gasteiger partial charge in [-0.1, -0.05) is 0 Å². The Kier molecular flexibility index (Phi) is 3.50. The molecule has 0 N–H and O–H groups in total. The molecule has 0 radical (unpaired) electrons. The van der Waals surface area contributed by atoms with Gasteiger partial charge in [0.25, 0.3) is 0 Å². The molecule has 1 atom stereocenters. The van der Waals surface area contributed by atoms with Gasteiger partial charge in [-0.25, -0.2) is 9.37 Å². The lowest BCUT2D eigenvalue weighted by atomic mass is 9.98. The maximum Gasteiger partial charge on any atom is 0.208 e. The number of rotatable bonds is 4. The van der Waals surface area contributed by atoms with Crippen molar-refractivity contribution < 1.29 is 14.0 Å². The summed E-state index contributed by atoms with van der Waals surface area (Å²) in [6.45, 7) is 1.49. The molecule has 2 aromatic heterocycles. The number of pyridine rings is 1. The number of imidazole rings is 1. The average Bonchev–Trinajstić information content (AvgIpc) is 2.83. The third kappa shape index (κ3) is 2.57. The Balaban J connectivity index is 2.22. The molecule has 0 amide bonds. The molecule has 98 valence electrons. The van der Waals surface area contributed by atoms with Crippen molar-refractivity contribution in [1.29, 1.82) is 0 Å². The van der Waals surface area contributed by atoms with Crippen LogP contribution in [-0.2, 0) is 7.05 Å². The van der Waals surface area contributed by atoms with Crippen molar-refractivity contribution in [2.45, 2.75) is 6.92 Å². The molecule has 0 spiro atoms. The fourth-order valence-electron chi connectivity index (χ4n) is 1.66. The molecule has 6 heteroatoms. The van der Waals surface area contributed by atoms with Crippen LogP contribution in [0, 0.1) is 11.7 Å². The molecule has 0 saturated heterocycles. The monoisotopic (exact) mass is 261 g/mol. The van der Waals surface area contributed by atoms with E-state index in [1.165, 1.54) is 19.2 Å². The summed E-state index contributed by atoms with van der Waals surface area (Å²) in [4.78, 5) is 31.8. The first-order valence-electron chi connectivity index (χ1n) is 5.68. The van der Waals surface area contributed by atoms with Gasteiger partial charge in [0, 0.05) is 19.4 Å². The van der Waals surface area contributed by atoms with Crippen LogP contribution in [0.3, 0.4) is 0 Å². The zero-order valence-electron chi connectivity index (χ0n) is 10.5. The topological polar surface area (TPSA) is 64.8 Å². The van der Waals surface area contributed by atoms with E-state index in [-0.39, 0.29) is 17.3 Å². The number of halogens is 1. The number of hydrogen-bond donors (Lipinski definition) is 0. The fourth-order valence-corrected chi connectivity index (χ4v) is 1.66. The number of Topliss-reactive ketones (excluding diaryl/α,β-unsaturated/α-hetero) is 2. The predicted molar refractivity (Wildman–Crippen MR) is 65.2 cm³/mol. The third-order valence-corrected chi connectivity index (χ3v) is 2.81. The Morgan fingerprint density at radius 3 is 2.53 bits per heavy atom. The number of nitrogens with zero attached hydrogens (tertiary/aromatic N) is 3. The summed E-state index contributed by atoms with van der Waals surface area (Å²) in [5.74, 6) is -2.06. The lowest BCUT2D eigenvalue weighted by Gasteiger charge is -2.08. The summed E-state index contributed by atoms with van der Waals surface area (Å²) < 4.78 is 14.3. The summed E-state index contributed by atoms with van der Waals surface area (Å²) in [5.41, 5.74) is 0.0662. The highest BCUT2D eigenvalue weighted by Gasteiger charge is 2.27. The molecule has 0 aliphatic rings. The van der Waals surface area contributed by atoms with E-state index in [9.17, 15) is 14.0 Å². The van der Waals surface area contributed by atoms with E-state index >= 15 is 0 Å². The second kappa shape index (κ2) is 5.09. The van der Waals surface area contributed by atoms with E-state index in [0.717, 1.165) is 12.3 Å². The molecule has 2 aromatic rings. The zero-order chi connectivity index (χ0) is 14.0. The molecule has 0 aliphatic carbocycles. The summed E-state index contributed by atoms with van der Waals surface area (Å²) >= 11 is 0. The second-order valence-electron chi connectivity index (χ2n) is 4.17. The van der Waals surface area contributed by atoms with Crippen molar-refractivity contribution >= 4 is 11.6 Å². The van der Waals surface area contributed by atoms with Crippen molar-refractivity contribution in [2.75, 3.05) is 0 Å². The number of ketones is 2. The Morgan fingerprint density at radius 1 is 1.26 bits per heavy atom. The summed E-state index contributed by atoms with van der Waals surface area (Å²) in [6.07, 6.45) is 4.06. The molecule has 1 unspecified atom stereocenters. The highest BCUT2D eigenvalue weighted by molar-refractivity contribution is 6.13. The molecule has 0 aliphatic heterocycles. The third-order valence-electron chi connectivity index (χ3n) is 2.81. The van der Waals surface area contributed by atoms with Crippen molar-refractivity contribution in [3.8, 4) is 0 Å². The summed E-state index contributed by atoms with van der Waals surface area (Å²) in [7, 11) is 1.67. The molecule has 19 heavy (non-hydrogen) atoms. The summed E-state index contributed by atoms with van der Waals surface area (Å²) in [5, 5.41) is 0. The number of hydrogen-bond acceptors (Lipinski definition) is 4. The Hall–Kier alpha value is -2.37. The van der Waals surface area contributed by atoms with Gasteiger partial charge in [-0.15, -0.1) is 0 Å². The summed E-state index contributed by atoms with van der Waals surface area (Å²) in [6, 6.07) is 2.40. The van der Waals surface area contributed by atoms with Gasteiger partial charge in [-0.3, -0.25) is 14.6 Å². The fraction of sp³-hybridized carbons (Fsp3) is 0.231. The molecule has 0 bridgehead atoms. The predicted octanol–water partition coefficient (Wildman–Crippen LogP) is 1.66. The van der Waals surface area contributed by atoms with Crippen LogP contribution in [0.25, 0.3) is 0 Å². The number of aromatic nitrogens is 3. The average molecular weight is 261 g/mol. The van der Waals surface area contributed by atoms with Crippen molar-refractivity contribution in [1.82, 2.24) is 14.5 Å². The maximum absolute atomic E-state index is 12.7. The molecule has 2 rings (SSSR count). The lowest BCUT2D eigenvalue weighted by Crippen LogP contribution is -2.24. The minimum Gasteiger partial charge on any atom is -0.332 e. The highest BCUT2D eigenvalue weighted by Crippen LogP contribution is 2.12. The lowest BCUT2D eigenvalue weighted by molar-refractivity contribution is 0.0809. The minimum atomic E-state index is -0.904. The van der Waals surface area contributed by atoms with E-state index < -0.39 is 17.5 Å². The molecule has 0 saturated carbocycles. The van der Waals surface area contributed by atoms with Crippen molar-refractivity contribution in [3.63, 3.8) is 0 Å². The number of carbonyl (C=O) groups excluding carboxylic acids is 2. The first-order chi connectivity index (χ1) is 9.00. The smallest absolute Gasteiger partial charge is 0.208 e. The molecule has 0 fully saturated rings. The van der Waals surface area contributed by atoms with Gasteiger partial charge in [0.2, 0.25) is 5.78 Å². The second-order valence-corrected chi connectivity index (χ2v) is 4.17. The van der Waals surface area contributed by atoms with Crippen LogP contribution in [-0.4, -0.2) is 26.1 Å². The van der Waals surface area contributed by atoms with Gasteiger partial charge < -0.3 is 4.57 Å². The highest BCUT2D eigenvalue weighted by atomic mass is 19.1. The van der Waals surface area contributed by atoms with Crippen LogP contribution in [0.5, 0.6) is 0 Å². The van der Waals surface area contributed by atoms with Gasteiger partial charge in [-0.05, 0) is 19.1 Å². The van der Waals surface area contributed by atoms with Gasteiger partial charge in [-0.2, -0.15) is 0 Å². The standard InChI is InChI=1S/C13H12FN3O2/c1-8(12(19)13-15-5-6-17(13)2)11(18)10-4-3-9(14)7-16-10/h3-8H,1-2H3. The van der Waals surface area contributed by atoms with Crippen molar-refractivity contribution in [3.05, 3.63) is 48.1 Å². The van der Waals surface area contributed by atoms with Gasteiger partial charge in [0.15, 0.2) is 11.6 Å². The van der Waals surface area contributed by atoms with Gasteiger partial charge >= 0.3 is 0 Å². The van der Waals surface area contributed by atoms with Crippen LogP contribution >= 0.6 is 0 Å². The van der Waals surface area contributed by atoms with Crippen LogP contribution in [0.4, 0.5) is 4.39 Å². The Morgan fingerprint density at radius 2 is 2.00 bits per heavy atom. The molecule has 5 nitrogen and oxygen atoms in total. The van der Waals surface area contributed by atoms with Gasteiger partial charge in [0.05, 0.1) is 12.1 Å². The molecular formula is C13H12FN3O2. The van der Waals surface area contributed by atoms with Crippen LogP contribution in [0.15, 0.2) is 30.7 Å². The number of aryl methyl sites for hydroxylation is 1. The quantitative estimate of drug-likeness (QED) is 0.620. The zero-order valence-corrected chi connectivity index (χ0v) is 10.5. The van der Waals surface area contributed by atoms with Crippen molar-refractivity contribution in [2.24, 2.45) is 13.0 Å². The first kappa shape index (κ1) is 13.1. The van der Waals surface area contributed by atoms with E-state index in [0.29, 0.717) is 0 Å². The van der Waals surface area contributed by atoms with E-state index in [1.807, 2.05) is 0 Å². The van der Waals surface area contributed by atoms with Crippen LogP contribution < -0.4 is 0 Å². The minimum absolute atomic E-state index is 0.0662. The molecule has 0 aromatic carbocycles. The Bertz CT molecular complexity index is 619. The number of carbonyl (C=O) groups is 2. The molecular weight excluding hydrogens is 249 g/mol. The van der Waals surface area contributed by atoms with E-state index in [4.69, 9.17) is 0 Å². The first-order valence-corrected chi connectivity index (χ1v) is 5.68. The SMILES string of the molecule is CC(C(=O)c1ccc(F)cn1)C(=O)c1nccn1C. The van der Waals surface area contributed by atoms with Gasteiger partial charge in [0.1, 0.15) is 11.5 Å². The maximum atomic E-state index is 12.7.